The first-order chi connectivity index (χ1) is 6.63. The Morgan fingerprint density at radius 2 is 2.00 bits per heavy atom. The molecule has 14 heavy (non-hydrogen) atoms. The molecule has 0 spiro atoms. The topological polar surface area (TPSA) is 29.1 Å². The summed E-state index contributed by atoms with van der Waals surface area (Å²) >= 11 is 3.30. The van der Waals surface area contributed by atoms with Gasteiger partial charge < -0.3 is 5.32 Å². The Hall–Kier alpha value is -0.830. The maximum atomic E-state index is 11.5. The fourth-order valence-corrected chi connectivity index (χ4v) is 1.16. The lowest BCUT2D eigenvalue weighted by Crippen LogP contribution is -2.21. The fraction of sp³-hybridized carbons (Fsp3) is 0.364. The average molecular weight is 256 g/mol. The smallest absolute Gasteiger partial charge is 0.238 e. The van der Waals surface area contributed by atoms with Gasteiger partial charge in [0.05, 0.1) is 4.83 Å². The van der Waals surface area contributed by atoms with E-state index in [0.29, 0.717) is 0 Å². The number of hydrogen-bond acceptors (Lipinski definition) is 1. The second kappa shape index (κ2) is 5.15. The highest BCUT2D eigenvalue weighted by Gasteiger charge is 2.11. The number of anilines is 1. The number of alkyl halides is 1. The third-order valence-corrected chi connectivity index (χ3v) is 3.03. The maximum absolute atomic E-state index is 11.5. The predicted molar refractivity (Wildman–Crippen MR) is 62.8 cm³/mol. The molecular formula is C11H14BrNO. The fourth-order valence-electron chi connectivity index (χ4n) is 1.04. The Labute approximate surface area is 92.8 Å². The van der Waals surface area contributed by atoms with Gasteiger partial charge in [0.25, 0.3) is 0 Å². The zero-order valence-corrected chi connectivity index (χ0v) is 9.97. The van der Waals surface area contributed by atoms with Crippen molar-refractivity contribution in [2.45, 2.75) is 25.1 Å². The molecule has 0 aromatic heterocycles. The van der Waals surface area contributed by atoms with Crippen molar-refractivity contribution in [2.75, 3.05) is 5.32 Å². The molecule has 1 amide bonds. The molecule has 0 aliphatic carbocycles. The molecule has 1 N–H and O–H groups in total. The Morgan fingerprint density at radius 3 is 2.50 bits per heavy atom. The normalized spacial score (nSPS) is 12.2. The number of benzene rings is 1. The third kappa shape index (κ3) is 3.14. The van der Waals surface area contributed by atoms with Crippen molar-refractivity contribution in [3.63, 3.8) is 0 Å². The molecule has 1 atom stereocenters. The van der Waals surface area contributed by atoms with Gasteiger partial charge in [0.15, 0.2) is 0 Å². The summed E-state index contributed by atoms with van der Waals surface area (Å²) in [7, 11) is 0. The van der Waals surface area contributed by atoms with Crippen LogP contribution in [0.15, 0.2) is 24.3 Å². The van der Waals surface area contributed by atoms with Crippen LogP contribution in [0.2, 0.25) is 0 Å². The maximum Gasteiger partial charge on any atom is 0.238 e. The molecule has 0 saturated heterocycles. The molecule has 1 aromatic rings. The zero-order chi connectivity index (χ0) is 10.6. The van der Waals surface area contributed by atoms with Crippen LogP contribution >= 0.6 is 15.9 Å². The van der Waals surface area contributed by atoms with Crippen LogP contribution in [0.4, 0.5) is 5.69 Å². The van der Waals surface area contributed by atoms with Crippen LogP contribution in [0.5, 0.6) is 0 Å². The van der Waals surface area contributed by atoms with Gasteiger partial charge in [-0.15, -0.1) is 0 Å². The highest BCUT2D eigenvalue weighted by atomic mass is 79.9. The summed E-state index contributed by atoms with van der Waals surface area (Å²) in [6.45, 7) is 3.99. The first-order valence-corrected chi connectivity index (χ1v) is 5.56. The lowest BCUT2D eigenvalue weighted by molar-refractivity contribution is -0.115. The first-order valence-electron chi connectivity index (χ1n) is 4.65. The van der Waals surface area contributed by atoms with Crippen molar-refractivity contribution in [2.24, 2.45) is 0 Å². The number of halogens is 1. The van der Waals surface area contributed by atoms with E-state index in [0.717, 1.165) is 12.1 Å². The lowest BCUT2D eigenvalue weighted by Gasteiger charge is -2.08. The van der Waals surface area contributed by atoms with E-state index in [9.17, 15) is 4.79 Å². The molecule has 0 heterocycles. The molecule has 3 heteroatoms. The molecule has 0 saturated carbocycles. The Bertz CT molecular complexity index is 308. The molecule has 0 aliphatic rings. The predicted octanol–water partition coefficient (Wildman–Crippen LogP) is 3.11. The Morgan fingerprint density at radius 1 is 1.43 bits per heavy atom. The largest absolute Gasteiger partial charge is 0.325 e. The number of carbonyl (C=O) groups is 1. The van der Waals surface area contributed by atoms with Gasteiger partial charge in [-0.1, -0.05) is 40.5 Å². The molecule has 1 aromatic carbocycles. The van der Waals surface area contributed by atoms with Gasteiger partial charge in [-0.3, -0.25) is 4.79 Å². The molecule has 0 radical (unpaired) electrons. The minimum Gasteiger partial charge on any atom is -0.325 e. The van der Waals surface area contributed by atoms with Gasteiger partial charge in [-0.05, 0) is 25.5 Å². The van der Waals surface area contributed by atoms with Crippen LogP contribution in [0.25, 0.3) is 0 Å². The van der Waals surface area contributed by atoms with E-state index in [-0.39, 0.29) is 10.7 Å². The molecule has 1 rings (SSSR count). The van der Waals surface area contributed by atoms with Crippen molar-refractivity contribution >= 4 is 27.5 Å². The number of carbonyl (C=O) groups excluding carboxylic acids is 1. The van der Waals surface area contributed by atoms with Crippen molar-refractivity contribution < 1.29 is 4.79 Å². The number of rotatable bonds is 3. The van der Waals surface area contributed by atoms with Crippen LogP contribution in [-0.4, -0.2) is 10.7 Å². The lowest BCUT2D eigenvalue weighted by atomic mass is 10.2. The van der Waals surface area contributed by atoms with E-state index in [1.165, 1.54) is 5.56 Å². The van der Waals surface area contributed by atoms with Crippen LogP contribution < -0.4 is 5.32 Å². The highest BCUT2D eigenvalue weighted by Crippen LogP contribution is 2.12. The van der Waals surface area contributed by atoms with E-state index in [1.807, 2.05) is 38.1 Å². The van der Waals surface area contributed by atoms with E-state index >= 15 is 0 Å². The Balaban J connectivity index is 2.60. The molecular weight excluding hydrogens is 242 g/mol. The molecule has 76 valence electrons. The molecule has 2 nitrogen and oxygen atoms in total. The first kappa shape index (κ1) is 11.2. The second-order valence-electron chi connectivity index (χ2n) is 3.23. The molecule has 0 unspecified atom stereocenters. The molecule has 0 bridgehead atoms. The minimum atomic E-state index is -0.108. The zero-order valence-electron chi connectivity index (χ0n) is 8.38. The third-order valence-electron chi connectivity index (χ3n) is 1.96. The van der Waals surface area contributed by atoms with Gasteiger partial charge in [0, 0.05) is 5.69 Å². The van der Waals surface area contributed by atoms with Crippen molar-refractivity contribution in [1.29, 1.82) is 0 Å². The van der Waals surface area contributed by atoms with Crippen molar-refractivity contribution in [1.82, 2.24) is 0 Å². The van der Waals surface area contributed by atoms with E-state index in [2.05, 4.69) is 21.2 Å². The summed E-state index contributed by atoms with van der Waals surface area (Å²) < 4.78 is 0. The van der Waals surface area contributed by atoms with Gasteiger partial charge in [-0.2, -0.15) is 0 Å². The van der Waals surface area contributed by atoms with Crippen molar-refractivity contribution in [3.8, 4) is 0 Å². The summed E-state index contributed by atoms with van der Waals surface area (Å²) in [6, 6.07) is 7.76. The molecule has 0 fully saturated rings. The van der Waals surface area contributed by atoms with E-state index in [4.69, 9.17) is 0 Å². The number of amides is 1. The quantitative estimate of drug-likeness (QED) is 0.827. The highest BCUT2D eigenvalue weighted by molar-refractivity contribution is 9.10. The van der Waals surface area contributed by atoms with Gasteiger partial charge in [-0.25, -0.2) is 0 Å². The SMILES string of the molecule is CC[C@H](Br)C(=O)Nc1ccc(C)cc1. The standard InChI is InChI=1S/C11H14BrNO/c1-3-10(12)11(14)13-9-6-4-8(2)5-7-9/h4-7,10H,3H2,1-2H3,(H,13,14)/t10-/m0/s1. The number of hydrogen-bond donors (Lipinski definition) is 1. The van der Waals surface area contributed by atoms with Crippen LogP contribution in [0.3, 0.4) is 0 Å². The Kier molecular flexibility index (Phi) is 4.14. The second-order valence-corrected chi connectivity index (χ2v) is 4.34. The number of aryl methyl sites for hydroxylation is 1. The van der Waals surface area contributed by atoms with E-state index in [1.54, 1.807) is 0 Å². The summed E-state index contributed by atoms with van der Waals surface area (Å²) in [5.41, 5.74) is 2.03. The average Bonchev–Trinajstić information content (AvgIpc) is 2.20. The van der Waals surface area contributed by atoms with Gasteiger partial charge >= 0.3 is 0 Å². The summed E-state index contributed by atoms with van der Waals surface area (Å²) in [4.78, 5) is 11.4. The monoisotopic (exact) mass is 255 g/mol. The summed E-state index contributed by atoms with van der Waals surface area (Å²) in [5.74, 6) is 0.0105. The van der Waals surface area contributed by atoms with Gasteiger partial charge in [0.2, 0.25) is 5.91 Å². The summed E-state index contributed by atoms with van der Waals surface area (Å²) in [5, 5.41) is 2.83. The van der Waals surface area contributed by atoms with E-state index < -0.39 is 0 Å². The van der Waals surface area contributed by atoms with Crippen LogP contribution in [0, 0.1) is 6.92 Å². The van der Waals surface area contributed by atoms with Crippen molar-refractivity contribution in [3.05, 3.63) is 29.8 Å². The van der Waals surface area contributed by atoms with Crippen LogP contribution in [-0.2, 0) is 4.79 Å². The summed E-state index contributed by atoms with van der Waals surface area (Å²) in [6.07, 6.45) is 0.789. The van der Waals surface area contributed by atoms with Gasteiger partial charge in [0.1, 0.15) is 0 Å². The molecule has 0 aliphatic heterocycles. The number of nitrogens with one attached hydrogen (secondary N) is 1. The minimum absolute atomic E-state index is 0.0105. The van der Waals surface area contributed by atoms with Crippen LogP contribution in [0.1, 0.15) is 18.9 Å².